The average Bonchev–Trinajstić information content (AvgIpc) is 3.32. The summed E-state index contributed by atoms with van der Waals surface area (Å²) in [6.45, 7) is 6.24. The summed E-state index contributed by atoms with van der Waals surface area (Å²) < 4.78 is 7.13. The molecule has 37 heavy (non-hydrogen) atoms. The molecule has 8 heteroatoms. The molecule has 1 N–H and O–H groups in total. The highest BCUT2D eigenvalue weighted by atomic mass is 16.5. The molecule has 2 aromatic heterocycles. The lowest BCUT2D eigenvalue weighted by molar-refractivity contribution is 0.236. The molecule has 0 spiro atoms. The first kappa shape index (κ1) is 24.4. The molecule has 0 bridgehead atoms. The minimum atomic E-state index is -0.0823. The standard InChI is InChI=1S/C29H30N6O2/c1-20-13-21(2)26-15-24(29(36)30-27(26)14-20)18-34(16-23-9-11-25(37-3)12-10-23)19-28-31-32-33-35(28)17-22-7-5-4-6-8-22/h4-15H,16-19H2,1-3H3,(H,30,36). The molecule has 0 aliphatic carbocycles. The van der Waals surface area contributed by atoms with Gasteiger partial charge in [0.05, 0.1) is 20.2 Å². The van der Waals surface area contributed by atoms with E-state index in [1.807, 2.05) is 66.2 Å². The van der Waals surface area contributed by atoms with Crippen LogP contribution >= 0.6 is 0 Å². The number of tetrazole rings is 1. The van der Waals surface area contributed by atoms with Gasteiger partial charge >= 0.3 is 0 Å². The summed E-state index contributed by atoms with van der Waals surface area (Å²) in [7, 11) is 1.66. The Balaban J connectivity index is 1.46. The third-order valence-corrected chi connectivity index (χ3v) is 6.50. The molecule has 5 rings (SSSR count). The van der Waals surface area contributed by atoms with E-state index in [1.165, 1.54) is 0 Å². The first-order valence-electron chi connectivity index (χ1n) is 12.3. The van der Waals surface area contributed by atoms with Crippen LogP contribution in [0, 0.1) is 13.8 Å². The minimum absolute atomic E-state index is 0.0823. The summed E-state index contributed by atoms with van der Waals surface area (Å²) in [5.41, 5.74) is 5.97. The highest BCUT2D eigenvalue weighted by Crippen LogP contribution is 2.21. The van der Waals surface area contributed by atoms with E-state index in [2.05, 4.69) is 50.5 Å². The van der Waals surface area contributed by atoms with Crippen molar-refractivity contribution in [2.45, 2.75) is 40.0 Å². The summed E-state index contributed by atoms with van der Waals surface area (Å²) in [6.07, 6.45) is 0. The molecule has 2 heterocycles. The lowest BCUT2D eigenvalue weighted by Crippen LogP contribution is -2.28. The molecule has 188 valence electrons. The lowest BCUT2D eigenvalue weighted by Gasteiger charge is -2.22. The topological polar surface area (TPSA) is 88.9 Å². The molecule has 3 aromatic carbocycles. The summed E-state index contributed by atoms with van der Waals surface area (Å²) >= 11 is 0. The number of methoxy groups -OCH3 is 1. The number of hydrogen-bond donors (Lipinski definition) is 1. The number of ether oxygens (including phenoxy) is 1. The van der Waals surface area contributed by atoms with Crippen LogP contribution in [-0.4, -0.2) is 37.2 Å². The van der Waals surface area contributed by atoms with Crippen LogP contribution in [0.15, 0.2) is 77.6 Å². The Morgan fingerprint density at radius 3 is 2.46 bits per heavy atom. The van der Waals surface area contributed by atoms with Gasteiger partial charge in [-0.05, 0) is 70.8 Å². The van der Waals surface area contributed by atoms with Gasteiger partial charge in [0.15, 0.2) is 5.82 Å². The van der Waals surface area contributed by atoms with Crippen molar-refractivity contribution >= 4 is 10.9 Å². The summed E-state index contributed by atoms with van der Waals surface area (Å²) in [5.74, 6) is 1.54. The molecule has 5 aromatic rings. The van der Waals surface area contributed by atoms with E-state index in [9.17, 15) is 4.79 Å². The van der Waals surface area contributed by atoms with E-state index >= 15 is 0 Å². The van der Waals surface area contributed by atoms with Gasteiger partial charge in [0, 0.05) is 29.6 Å². The monoisotopic (exact) mass is 494 g/mol. The smallest absolute Gasteiger partial charge is 0.252 e. The van der Waals surface area contributed by atoms with Gasteiger partial charge in [-0.3, -0.25) is 9.69 Å². The first-order chi connectivity index (χ1) is 18.0. The number of H-pyrrole nitrogens is 1. The summed E-state index contributed by atoms with van der Waals surface area (Å²) in [6, 6.07) is 24.2. The summed E-state index contributed by atoms with van der Waals surface area (Å²) in [4.78, 5) is 18.4. The van der Waals surface area contributed by atoms with E-state index in [-0.39, 0.29) is 5.56 Å². The second kappa shape index (κ2) is 10.8. The summed E-state index contributed by atoms with van der Waals surface area (Å²) in [5, 5.41) is 13.5. The number of nitrogens with zero attached hydrogens (tertiary/aromatic N) is 5. The molecule has 0 fully saturated rings. The van der Waals surface area contributed by atoms with Crippen molar-refractivity contribution in [1.82, 2.24) is 30.1 Å². The SMILES string of the molecule is COc1ccc(CN(Cc2cc3c(C)cc(C)cc3[nH]c2=O)Cc2nnnn2Cc2ccccc2)cc1. The average molecular weight is 495 g/mol. The molecule has 0 aliphatic rings. The predicted octanol–water partition coefficient (Wildman–Crippen LogP) is 4.39. The molecule has 0 unspecified atom stereocenters. The number of aromatic amines is 1. The zero-order chi connectivity index (χ0) is 25.8. The zero-order valence-corrected chi connectivity index (χ0v) is 21.3. The largest absolute Gasteiger partial charge is 0.497 e. The fourth-order valence-electron chi connectivity index (χ4n) is 4.65. The van der Waals surface area contributed by atoms with Crippen LogP contribution < -0.4 is 10.3 Å². The fourth-order valence-corrected chi connectivity index (χ4v) is 4.65. The third kappa shape index (κ3) is 5.76. The molecule has 8 nitrogen and oxygen atoms in total. The number of aromatic nitrogens is 5. The molecular formula is C29H30N6O2. The van der Waals surface area contributed by atoms with Crippen molar-refractivity contribution in [2.24, 2.45) is 0 Å². The third-order valence-electron chi connectivity index (χ3n) is 6.50. The van der Waals surface area contributed by atoms with Gasteiger partial charge in [-0.25, -0.2) is 4.68 Å². The molecule has 0 aliphatic heterocycles. The number of aryl methyl sites for hydroxylation is 2. The number of pyridine rings is 1. The Labute approximate surface area is 215 Å². The quantitative estimate of drug-likeness (QED) is 0.327. The number of benzene rings is 3. The maximum absolute atomic E-state index is 13.1. The van der Waals surface area contributed by atoms with Crippen LogP contribution in [0.5, 0.6) is 5.75 Å². The lowest BCUT2D eigenvalue weighted by atomic mass is 10.0. The highest BCUT2D eigenvalue weighted by Gasteiger charge is 2.17. The van der Waals surface area contributed by atoms with E-state index in [4.69, 9.17) is 4.74 Å². The Kier molecular flexibility index (Phi) is 7.09. The van der Waals surface area contributed by atoms with Gasteiger partial charge in [-0.15, -0.1) is 5.10 Å². The van der Waals surface area contributed by atoms with Crippen molar-refractivity contribution in [3.05, 3.63) is 117 Å². The minimum Gasteiger partial charge on any atom is -0.497 e. The second-order valence-corrected chi connectivity index (χ2v) is 9.40. The van der Waals surface area contributed by atoms with Gasteiger partial charge in [0.2, 0.25) is 0 Å². The van der Waals surface area contributed by atoms with E-state index < -0.39 is 0 Å². The predicted molar refractivity (Wildman–Crippen MR) is 143 cm³/mol. The van der Waals surface area contributed by atoms with Crippen LogP contribution in [0.25, 0.3) is 10.9 Å². The molecule has 0 saturated heterocycles. The van der Waals surface area contributed by atoms with Crippen LogP contribution in [0.2, 0.25) is 0 Å². The van der Waals surface area contributed by atoms with E-state index in [0.29, 0.717) is 31.7 Å². The van der Waals surface area contributed by atoms with Gasteiger partial charge in [-0.2, -0.15) is 0 Å². The first-order valence-corrected chi connectivity index (χ1v) is 12.3. The van der Waals surface area contributed by atoms with Crippen molar-refractivity contribution in [3.63, 3.8) is 0 Å². The van der Waals surface area contributed by atoms with Crippen LogP contribution in [-0.2, 0) is 26.2 Å². The van der Waals surface area contributed by atoms with Crippen molar-refractivity contribution in [1.29, 1.82) is 0 Å². The van der Waals surface area contributed by atoms with Gasteiger partial charge < -0.3 is 9.72 Å². The van der Waals surface area contributed by atoms with E-state index in [1.54, 1.807) is 7.11 Å². The van der Waals surface area contributed by atoms with Gasteiger partial charge in [-0.1, -0.05) is 48.5 Å². The van der Waals surface area contributed by atoms with Crippen molar-refractivity contribution in [3.8, 4) is 5.75 Å². The van der Waals surface area contributed by atoms with Gasteiger partial charge in [0.25, 0.3) is 5.56 Å². The van der Waals surface area contributed by atoms with Crippen molar-refractivity contribution in [2.75, 3.05) is 7.11 Å². The Bertz CT molecular complexity index is 1560. The molecule has 0 amide bonds. The Morgan fingerprint density at radius 1 is 0.919 bits per heavy atom. The Morgan fingerprint density at radius 2 is 1.70 bits per heavy atom. The molecule has 0 saturated carbocycles. The maximum Gasteiger partial charge on any atom is 0.252 e. The number of rotatable bonds is 9. The van der Waals surface area contributed by atoms with Crippen LogP contribution in [0.1, 0.15) is 33.6 Å². The molecule has 0 atom stereocenters. The van der Waals surface area contributed by atoms with Crippen LogP contribution in [0.4, 0.5) is 0 Å². The number of nitrogens with one attached hydrogen (secondary N) is 1. The maximum atomic E-state index is 13.1. The molecule has 0 radical (unpaired) electrons. The van der Waals surface area contributed by atoms with Crippen LogP contribution in [0.3, 0.4) is 0 Å². The van der Waals surface area contributed by atoms with Gasteiger partial charge in [0.1, 0.15) is 5.75 Å². The second-order valence-electron chi connectivity index (χ2n) is 9.40. The normalized spacial score (nSPS) is 11.4. The zero-order valence-electron chi connectivity index (χ0n) is 21.3. The fraction of sp³-hybridized carbons (Fsp3) is 0.241. The number of hydrogen-bond acceptors (Lipinski definition) is 6. The number of fused-ring (bicyclic) bond motifs is 1. The van der Waals surface area contributed by atoms with Crippen molar-refractivity contribution < 1.29 is 4.74 Å². The van der Waals surface area contributed by atoms with E-state index in [0.717, 1.165) is 44.7 Å². The molecular weight excluding hydrogens is 464 g/mol. The highest BCUT2D eigenvalue weighted by molar-refractivity contribution is 5.83. The Hall–Kier alpha value is -4.30.